The second-order valence-electron chi connectivity index (χ2n) is 4.22. The van der Waals surface area contributed by atoms with Gasteiger partial charge in [-0.15, -0.1) is 0 Å². The van der Waals surface area contributed by atoms with Crippen molar-refractivity contribution in [2.24, 2.45) is 0 Å². The Bertz CT molecular complexity index is 713. The van der Waals surface area contributed by atoms with Gasteiger partial charge in [-0.1, -0.05) is 23.2 Å². The molecule has 1 aromatic carbocycles. The van der Waals surface area contributed by atoms with Crippen molar-refractivity contribution in [2.45, 2.75) is 6.92 Å². The average molecular weight is 346 g/mol. The molecule has 5 nitrogen and oxygen atoms in total. The summed E-state index contributed by atoms with van der Waals surface area (Å²) in [6.45, 7) is 1.56. The maximum Gasteiger partial charge on any atom is 0.233 e. The summed E-state index contributed by atoms with van der Waals surface area (Å²) < 4.78 is 25.2. The van der Waals surface area contributed by atoms with Gasteiger partial charge >= 0.3 is 0 Å². The van der Waals surface area contributed by atoms with Gasteiger partial charge in [-0.2, -0.15) is 0 Å². The lowest BCUT2D eigenvalue weighted by Crippen LogP contribution is -2.15. The highest BCUT2D eigenvalue weighted by Crippen LogP contribution is 2.25. The first-order chi connectivity index (χ1) is 9.88. The molecule has 8 heteroatoms. The lowest BCUT2D eigenvalue weighted by atomic mass is 10.3. The fourth-order valence-corrected chi connectivity index (χ4v) is 2.66. The van der Waals surface area contributed by atoms with Crippen molar-refractivity contribution in [3.63, 3.8) is 0 Å². The summed E-state index contributed by atoms with van der Waals surface area (Å²) in [5, 5.41) is 4.12. The van der Waals surface area contributed by atoms with Crippen molar-refractivity contribution in [3.8, 4) is 0 Å². The lowest BCUT2D eigenvalue weighted by molar-refractivity contribution is 0.602. The number of halogens is 2. The third-order valence-electron chi connectivity index (χ3n) is 2.55. The van der Waals surface area contributed by atoms with E-state index in [1.54, 1.807) is 37.3 Å². The van der Waals surface area contributed by atoms with Crippen LogP contribution < -0.4 is 10.0 Å². The molecule has 0 atom stereocenters. The van der Waals surface area contributed by atoms with Gasteiger partial charge in [0.2, 0.25) is 10.0 Å². The van der Waals surface area contributed by atoms with Crippen LogP contribution in [0.5, 0.6) is 0 Å². The molecule has 0 aliphatic rings. The predicted molar refractivity (Wildman–Crippen MR) is 87.1 cm³/mol. The van der Waals surface area contributed by atoms with Crippen LogP contribution in [0.15, 0.2) is 36.5 Å². The number of nitrogens with zero attached hydrogens (tertiary/aromatic N) is 1. The lowest BCUT2D eigenvalue weighted by Gasteiger charge is -2.09. The van der Waals surface area contributed by atoms with Crippen molar-refractivity contribution in [1.29, 1.82) is 0 Å². The van der Waals surface area contributed by atoms with Gasteiger partial charge < -0.3 is 5.32 Å². The van der Waals surface area contributed by atoms with Gasteiger partial charge in [0.25, 0.3) is 0 Å². The van der Waals surface area contributed by atoms with E-state index in [4.69, 9.17) is 23.2 Å². The Balaban J connectivity index is 2.12. The summed E-state index contributed by atoms with van der Waals surface area (Å²) >= 11 is 11.8. The molecule has 2 rings (SSSR count). The summed E-state index contributed by atoms with van der Waals surface area (Å²) in [6, 6.07) is 8.36. The van der Waals surface area contributed by atoms with Crippen LogP contribution in [0.3, 0.4) is 0 Å². The molecule has 0 saturated carbocycles. The number of hydrogen-bond donors (Lipinski definition) is 2. The van der Waals surface area contributed by atoms with E-state index in [0.717, 1.165) is 5.69 Å². The summed E-state index contributed by atoms with van der Waals surface area (Å²) in [4.78, 5) is 4.03. The van der Waals surface area contributed by atoms with Gasteiger partial charge in [0.1, 0.15) is 5.82 Å². The van der Waals surface area contributed by atoms with Gasteiger partial charge in [0.15, 0.2) is 0 Å². The molecule has 112 valence electrons. The third-order valence-corrected chi connectivity index (χ3v) is 4.27. The summed E-state index contributed by atoms with van der Waals surface area (Å²) in [7, 11) is -3.32. The number of sulfonamides is 1. The van der Waals surface area contributed by atoms with Crippen molar-refractivity contribution in [3.05, 3.63) is 46.6 Å². The molecule has 0 spiro atoms. The zero-order valence-corrected chi connectivity index (χ0v) is 13.4. The van der Waals surface area contributed by atoms with Gasteiger partial charge in [0, 0.05) is 15.7 Å². The quantitative estimate of drug-likeness (QED) is 0.862. The van der Waals surface area contributed by atoms with E-state index in [9.17, 15) is 8.42 Å². The Kier molecular flexibility index (Phi) is 4.92. The van der Waals surface area contributed by atoms with E-state index in [1.165, 1.54) is 6.20 Å². The van der Waals surface area contributed by atoms with Crippen LogP contribution >= 0.6 is 23.2 Å². The maximum atomic E-state index is 11.4. The number of rotatable bonds is 5. The highest BCUT2D eigenvalue weighted by atomic mass is 35.5. The SMILES string of the molecule is CCS(=O)(=O)Nc1ccc(Nc2cc(Cl)cc(Cl)c2)cn1. The van der Waals surface area contributed by atoms with Gasteiger partial charge in [0.05, 0.1) is 17.6 Å². The topological polar surface area (TPSA) is 71.1 Å². The molecule has 2 N–H and O–H groups in total. The Labute approximate surface area is 133 Å². The minimum absolute atomic E-state index is 0.00427. The molecule has 1 heterocycles. The van der Waals surface area contributed by atoms with E-state index in [2.05, 4.69) is 15.0 Å². The standard InChI is InChI=1S/C13H13Cl2N3O2S/c1-2-21(19,20)18-13-4-3-11(8-16-13)17-12-6-9(14)5-10(15)7-12/h3-8,17H,2H2,1H3,(H,16,18). The Morgan fingerprint density at radius 2 is 1.76 bits per heavy atom. The molecule has 0 amide bonds. The molecular weight excluding hydrogens is 333 g/mol. The van der Waals surface area contributed by atoms with Crippen molar-refractivity contribution in [1.82, 2.24) is 4.98 Å². The first-order valence-corrected chi connectivity index (χ1v) is 8.48. The van der Waals surface area contributed by atoms with E-state index >= 15 is 0 Å². The molecule has 0 unspecified atom stereocenters. The number of aromatic nitrogens is 1. The second kappa shape index (κ2) is 6.51. The molecule has 0 bridgehead atoms. The number of pyridine rings is 1. The van der Waals surface area contributed by atoms with Gasteiger partial charge in [-0.3, -0.25) is 4.72 Å². The molecular formula is C13H13Cl2N3O2S. The van der Waals surface area contributed by atoms with Crippen LogP contribution in [0.25, 0.3) is 0 Å². The third kappa shape index (κ3) is 4.77. The summed E-state index contributed by atoms with van der Waals surface area (Å²) in [5.74, 6) is 0.266. The fourth-order valence-electron chi connectivity index (χ4n) is 1.55. The molecule has 2 aromatic rings. The van der Waals surface area contributed by atoms with Gasteiger partial charge in [-0.25, -0.2) is 13.4 Å². The van der Waals surface area contributed by atoms with Crippen molar-refractivity contribution < 1.29 is 8.42 Å². The van der Waals surface area contributed by atoms with Gasteiger partial charge in [-0.05, 0) is 37.3 Å². The van der Waals surface area contributed by atoms with E-state index in [1.807, 2.05) is 0 Å². The van der Waals surface area contributed by atoms with E-state index in [-0.39, 0.29) is 11.6 Å². The van der Waals surface area contributed by atoms with E-state index < -0.39 is 10.0 Å². The monoisotopic (exact) mass is 345 g/mol. The minimum atomic E-state index is -3.32. The first-order valence-electron chi connectivity index (χ1n) is 6.07. The number of anilines is 3. The van der Waals surface area contributed by atoms with Crippen LogP contribution in [0.2, 0.25) is 10.0 Å². The predicted octanol–water partition coefficient (Wildman–Crippen LogP) is 3.89. The zero-order valence-electron chi connectivity index (χ0n) is 11.1. The van der Waals surface area contributed by atoms with Crippen LogP contribution in [0.1, 0.15) is 6.92 Å². The van der Waals surface area contributed by atoms with Crippen molar-refractivity contribution in [2.75, 3.05) is 15.8 Å². The second-order valence-corrected chi connectivity index (χ2v) is 7.10. The molecule has 0 fully saturated rings. The molecule has 0 aliphatic carbocycles. The first kappa shape index (κ1) is 15.9. The molecule has 0 radical (unpaired) electrons. The van der Waals surface area contributed by atoms with Crippen LogP contribution in [-0.2, 0) is 10.0 Å². The molecule has 1 aromatic heterocycles. The molecule has 0 aliphatic heterocycles. The highest BCUT2D eigenvalue weighted by Gasteiger charge is 2.07. The minimum Gasteiger partial charge on any atom is -0.354 e. The molecule has 21 heavy (non-hydrogen) atoms. The molecule has 0 saturated heterocycles. The summed E-state index contributed by atoms with van der Waals surface area (Å²) in [5.41, 5.74) is 1.41. The largest absolute Gasteiger partial charge is 0.354 e. The van der Waals surface area contributed by atoms with Crippen molar-refractivity contribution >= 4 is 50.4 Å². The van der Waals surface area contributed by atoms with Crippen LogP contribution in [0, 0.1) is 0 Å². The fraction of sp³-hybridized carbons (Fsp3) is 0.154. The normalized spacial score (nSPS) is 11.2. The highest BCUT2D eigenvalue weighted by molar-refractivity contribution is 7.92. The maximum absolute atomic E-state index is 11.4. The zero-order chi connectivity index (χ0) is 15.5. The Morgan fingerprint density at radius 3 is 2.29 bits per heavy atom. The number of hydrogen-bond acceptors (Lipinski definition) is 4. The Hall–Kier alpha value is -1.50. The van der Waals surface area contributed by atoms with Crippen LogP contribution in [-0.4, -0.2) is 19.2 Å². The average Bonchev–Trinajstić information content (AvgIpc) is 2.39. The van der Waals surface area contributed by atoms with Crippen LogP contribution in [0.4, 0.5) is 17.2 Å². The van der Waals surface area contributed by atoms with E-state index in [0.29, 0.717) is 15.7 Å². The number of nitrogens with one attached hydrogen (secondary N) is 2. The Morgan fingerprint density at radius 1 is 1.10 bits per heavy atom. The smallest absolute Gasteiger partial charge is 0.233 e. The summed E-state index contributed by atoms with van der Waals surface area (Å²) in [6.07, 6.45) is 1.52. The number of benzene rings is 1.